The van der Waals surface area contributed by atoms with Gasteiger partial charge in [0.25, 0.3) is 0 Å². The molecular weight excluding hydrogens is 534 g/mol. The second-order valence-electron chi connectivity index (χ2n) is 11.9. The third-order valence-electron chi connectivity index (χ3n) is 7.94. The standard InChI is InChI=1S/C38H59NO4/c1-3-5-7-9-11-13-14-15-16-17-19-21-29-39-32-34-25-28-36(31-37(34)40)43-38(41)33-23-26-35(27-24-33)42-30-22-20-18-12-10-8-6-4-2/h23-28,31-32,40H,3-22,29-30H2,1-2H3. The lowest BCUT2D eigenvalue weighted by molar-refractivity contribution is 0.0734. The summed E-state index contributed by atoms with van der Waals surface area (Å²) < 4.78 is 11.3. The van der Waals surface area contributed by atoms with Crippen LogP contribution in [0.25, 0.3) is 0 Å². The number of nitrogens with zero attached hydrogens (tertiary/aromatic N) is 1. The van der Waals surface area contributed by atoms with Gasteiger partial charge in [0, 0.05) is 24.4 Å². The predicted molar refractivity (Wildman–Crippen MR) is 181 cm³/mol. The van der Waals surface area contributed by atoms with Gasteiger partial charge in [-0.15, -0.1) is 0 Å². The molecule has 1 N–H and O–H groups in total. The van der Waals surface area contributed by atoms with Crippen molar-refractivity contribution in [2.75, 3.05) is 13.2 Å². The Hall–Kier alpha value is -2.82. The van der Waals surface area contributed by atoms with E-state index in [1.54, 1.807) is 42.6 Å². The molecule has 0 saturated carbocycles. The highest BCUT2D eigenvalue weighted by Crippen LogP contribution is 2.24. The van der Waals surface area contributed by atoms with Gasteiger partial charge in [-0.05, 0) is 49.2 Å². The van der Waals surface area contributed by atoms with E-state index >= 15 is 0 Å². The van der Waals surface area contributed by atoms with Crippen molar-refractivity contribution in [3.05, 3.63) is 53.6 Å². The second kappa shape index (κ2) is 24.6. The fourth-order valence-electron chi connectivity index (χ4n) is 5.18. The van der Waals surface area contributed by atoms with Crippen LogP contribution in [0, 0.1) is 0 Å². The molecular formula is C38H59NO4. The van der Waals surface area contributed by atoms with E-state index in [0.29, 0.717) is 23.5 Å². The Morgan fingerprint density at radius 2 is 1.14 bits per heavy atom. The second-order valence-corrected chi connectivity index (χ2v) is 11.9. The molecule has 240 valence electrons. The highest BCUT2D eigenvalue weighted by Gasteiger charge is 2.10. The number of aliphatic imine (C=N–C) groups is 1. The summed E-state index contributed by atoms with van der Waals surface area (Å²) in [6, 6.07) is 11.9. The number of hydrogen-bond donors (Lipinski definition) is 1. The van der Waals surface area contributed by atoms with Gasteiger partial charge in [0.15, 0.2) is 0 Å². The highest BCUT2D eigenvalue weighted by atomic mass is 16.5. The maximum atomic E-state index is 12.6. The van der Waals surface area contributed by atoms with E-state index in [9.17, 15) is 9.90 Å². The van der Waals surface area contributed by atoms with E-state index in [2.05, 4.69) is 18.8 Å². The Morgan fingerprint density at radius 1 is 0.651 bits per heavy atom. The fraction of sp³-hybridized carbons (Fsp3) is 0.632. The number of unbranched alkanes of at least 4 members (excludes halogenated alkanes) is 18. The first-order valence-electron chi connectivity index (χ1n) is 17.4. The molecule has 43 heavy (non-hydrogen) atoms. The number of phenolic OH excluding ortho intramolecular Hbond substituents is 1. The summed E-state index contributed by atoms with van der Waals surface area (Å²) in [4.78, 5) is 17.1. The minimum Gasteiger partial charge on any atom is -0.507 e. The van der Waals surface area contributed by atoms with E-state index < -0.39 is 5.97 Å². The van der Waals surface area contributed by atoms with Gasteiger partial charge in [0.2, 0.25) is 0 Å². The Kier molecular flexibility index (Phi) is 20.8. The number of phenols is 1. The molecule has 0 amide bonds. The van der Waals surface area contributed by atoms with Crippen LogP contribution in [0.3, 0.4) is 0 Å². The van der Waals surface area contributed by atoms with Gasteiger partial charge in [-0.25, -0.2) is 4.79 Å². The van der Waals surface area contributed by atoms with Crippen LogP contribution in [0.5, 0.6) is 17.2 Å². The maximum Gasteiger partial charge on any atom is 0.343 e. The van der Waals surface area contributed by atoms with Gasteiger partial charge in [-0.1, -0.05) is 129 Å². The van der Waals surface area contributed by atoms with E-state index in [-0.39, 0.29) is 5.75 Å². The minimum atomic E-state index is -0.470. The lowest BCUT2D eigenvalue weighted by Crippen LogP contribution is -2.08. The zero-order chi connectivity index (χ0) is 30.8. The van der Waals surface area contributed by atoms with Crippen molar-refractivity contribution < 1.29 is 19.4 Å². The number of aromatic hydroxyl groups is 1. The molecule has 0 radical (unpaired) electrons. The zero-order valence-corrected chi connectivity index (χ0v) is 27.3. The molecule has 0 aromatic heterocycles. The Balaban J connectivity index is 1.58. The Morgan fingerprint density at radius 3 is 1.67 bits per heavy atom. The molecule has 0 aliphatic heterocycles. The zero-order valence-electron chi connectivity index (χ0n) is 27.3. The fourth-order valence-corrected chi connectivity index (χ4v) is 5.18. The smallest absolute Gasteiger partial charge is 0.343 e. The number of carbonyl (C=O) groups is 1. The molecule has 0 bridgehead atoms. The Labute approximate surface area is 262 Å². The van der Waals surface area contributed by atoms with Crippen molar-refractivity contribution in [1.82, 2.24) is 0 Å². The molecule has 0 saturated heterocycles. The largest absolute Gasteiger partial charge is 0.507 e. The SMILES string of the molecule is CCCCCCCCCCCCCCN=Cc1ccc(OC(=O)c2ccc(OCCCCCCCCCC)cc2)cc1O. The van der Waals surface area contributed by atoms with Crippen LogP contribution in [0.1, 0.15) is 158 Å². The van der Waals surface area contributed by atoms with Crippen molar-refractivity contribution in [3.63, 3.8) is 0 Å². The normalized spacial score (nSPS) is 11.3. The van der Waals surface area contributed by atoms with Crippen molar-refractivity contribution in [2.45, 2.75) is 142 Å². The summed E-state index contributed by atoms with van der Waals surface area (Å²) in [6.07, 6.45) is 27.7. The third-order valence-corrected chi connectivity index (χ3v) is 7.94. The number of rotatable bonds is 26. The van der Waals surface area contributed by atoms with Crippen LogP contribution < -0.4 is 9.47 Å². The number of hydrogen-bond acceptors (Lipinski definition) is 5. The minimum absolute atomic E-state index is 0.0495. The van der Waals surface area contributed by atoms with E-state index in [4.69, 9.17) is 9.47 Å². The van der Waals surface area contributed by atoms with Crippen LogP contribution in [0.15, 0.2) is 47.5 Å². The first-order valence-corrected chi connectivity index (χ1v) is 17.4. The summed E-state index contributed by atoms with van der Waals surface area (Å²) >= 11 is 0. The molecule has 0 heterocycles. The van der Waals surface area contributed by atoms with Crippen molar-refractivity contribution in [2.24, 2.45) is 4.99 Å². The van der Waals surface area contributed by atoms with Crippen LogP contribution in [0.4, 0.5) is 0 Å². The lowest BCUT2D eigenvalue weighted by atomic mass is 10.1. The number of ether oxygens (including phenoxy) is 2. The molecule has 2 rings (SSSR count). The maximum absolute atomic E-state index is 12.6. The number of esters is 1. The van der Waals surface area contributed by atoms with Gasteiger partial charge in [0.1, 0.15) is 17.2 Å². The predicted octanol–water partition coefficient (Wildman–Crippen LogP) is 11.3. The average molecular weight is 594 g/mol. The van der Waals surface area contributed by atoms with Gasteiger partial charge in [-0.2, -0.15) is 0 Å². The lowest BCUT2D eigenvalue weighted by Gasteiger charge is -2.08. The highest BCUT2D eigenvalue weighted by molar-refractivity contribution is 5.91. The summed E-state index contributed by atoms with van der Waals surface area (Å²) in [6.45, 7) is 5.96. The molecule has 2 aromatic carbocycles. The molecule has 0 fully saturated rings. The van der Waals surface area contributed by atoms with Gasteiger partial charge in [0.05, 0.1) is 12.2 Å². The average Bonchev–Trinajstić information content (AvgIpc) is 3.01. The Bertz CT molecular complexity index is 1000. The summed E-state index contributed by atoms with van der Waals surface area (Å²) in [5.41, 5.74) is 1.06. The van der Waals surface area contributed by atoms with Crippen LogP contribution in [-0.4, -0.2) is 30.4 Å². The summed E-state index contributed by atoms with van der Waals surface area (Å²) in [7, 11) is 0. The molecule has 0 aliphatic carbocycles. The van der Waals surface area contributed by atoms with E-state index in [1.165, 1.54) is 122 Å². The first kappa shape index (κ1) is 36.4. The topological polar surface area (TPSA) is 68.1 Å². The number of benzene rings is 2. The molecule has 5 heteroatoms. The molecule has 5 nitrogen and oxygen atoms in total. The van der Waals surface area contributed by atoms with E-state index in [1.807, 2.05) is 0 Å². The molecule has 2 aromatic rings. The van der Waals surface area contributed by atoms with E-state index in [0.717, 1.165) is 25.1 Å². The van der Waals surface area contributed by atoms with Gasteiger partial charge < -0.3 is 14.6 Å². The van der Waals surface area contributed by atoms with Crippen molar-refractivity contribution in [3.8, 4) is 17.2 Å². The summed E-state index contributed by atoms with van der Waals surface area (Å²) in [5, 5.41) is 10.4. The quantitative estimate of drug-likeness (QED) is 0.0510. The van der Waals surface area contributed by atoms with Gasteiger partial charge >= 0.3 is 5.97 Å². The monoisotopic (exact) mass is 593 g/mol. The van der Waals surface area contributed by atoms with Crippen LogP contribution in [-0.2, 0) is 0 Å². The summed E-state index contributed by atoms with van der Waals surface area (Å²) in [5.74, 6) is 0.635. The first-order chi connectivity index (χ1) is 21.1. The van der Waals surface area contributed by atoms with Gasteiger partial charge in [-0.3, -0.25) is 4.99 Å². The molecule has 0 aliphatic rings. The number of carbonyl (C=O) groups excluding carboxylic acids is 1. The molecule has 0 unspecified atom stereocenters. The molecule has 0 atom stereocenters. The van der Waals surface area contributed by atoms with Crippen molar-refractivity contribution in [1.29, 1.82) is 0 Å². The van der Waals surface area contributed by atoms with Crippen LogP contribution >= 0.6 is 0 Å². The van der Waals surface area contributed by atoms with Crippen molar-refractivity contribution >= 4 is 12.2 Å². The van der Waals surface area contributed by atoms with Crippen LogP contribution in [0.2, 0.25) is 0 Å². The molecule has 0 spiro atoms. The third kappa shape index (κ3) is 17.8.